The van der Waals surface area contributed by atoms with E-state index in [1.165, 1.54) is 24.3 Å². The Morgan fingerprint density at radius 1 is 1.12 bits per heavy atom. The van der Waals surface area contributed by atoms with Crippen LogP contribution in [0.15, 0.2) is 54.7 Å². The minimum Gasteiger partial charge on any atom is -0.290 e. The Morgan fingerprint density at radius 3 is 2.56 bits per heavy atom. The van der Waals surface area contributed by atoms with E-state index in [4.69, 9.17) is 11.6 Å². The van der Waals surface area contributed by atoms with Crippen molar-refractivity contribution in [3.05, 3.63) is 77.0 Å². The maximum absolute atomic E-state index is 13.0. The molecule has 2 aromatic carbocycles. The first-order valence-corrected chi connectivity index (χ1v) is 8.66. The molecule has 0 bridgehead atoms. The quantitative estimate of drug-likeness (QED) is 0.512. The van der Waals surface area contributed by atoms with Crippen LogP contribution in [-0.2, 0) is 19.5 Å². The maximum Gasteiger partial charge on any atom is 0.257 e. The number of ketones is 1. The monoisotopic (exact) mass is 355 g/mol. The van der Waals surface area contributed by atoms with Gasteiger partial charge < -0.3 is 0 Å². The van der Waals surface area contributed by atoms with Crippen molar-refractivity contribution in [3.8, 4) is 11.3 Å². The van der Waals surface area contributed by atoms with E-state index in [0.717, 1.165) is 36.5 Å². The Hall–Kier alpha value is -2.46. The molecule has 4 rings (SSSR count). The fraction of sp³-hybridized carbons (Fsp3) is 0.200. The van der Waals surface area contributed by atoms with Crippen LogP contribution in [0, 0.1) is 5.82 Å². The van der Waals surface area contributed by atoms with Crippen LogP contribution >= 0.6 is 11.6 Å². The average molecular weight is 356 g/mol. The van der Waals surface area contributed by atoms with Crippen LogP contribution in [0.5, 0.6) is 0 Å². The van der Waals surface area contributed by atoms with Gasteiger partial charge in [0, 0.05) is 16.1 Å². The highest BCUT2D eigenvalue weighted by Gasteiger charge is 2.29. The molecule has 25 heavy (non-hydrogen) atoms. The fourth-order valence-corrected chi connectivity index (χ4v) is 3.50. The van der Waals surface area contributed by atoms with Crippen LogP contribution in [0.25, 0.3) is 11.3 Å². The van der Waals surface area contributed by atoms with Crippen LogP contribution in [-0.4, -0.2) is 10.4 Å². The van der Waals surface area contributed by atoms with E-state index in [0.29, 0.717) is 10.6 Å². The van der Waals surface area contributed by atoms with E-state index in [1.807, 2.05) is 35.0 Å². The van der Waals surface area contributed by atoms with Gasteiger partial charge in [-0.15, -0.1) is 0 Å². The van der Waals surface area contributed by atoms with Gasteiger partial charge in [0.05, 0.1) is 13.0 Å². The van der Waals surface area contributed by atoms with Gasteiger partial charge in [0.15, 0.2) is 12.2 Å². The van der Waals surface area contributed by atoms with Crippen molar-refractivity contribution in [2.24, 2.45) is 0 Å². The molecule has 3 aromatic rings. The molecule has 0 saturated carbocycles. The van der Waals surface area contributed by atoms with Gasteiger partial charge in [-0.3, -0.25) is 4.79 Å². The summed E-state index contributed by atoms with van der Waals surface area (Å²) >= 11 is 5.99. The van der Waals surface area contributed by atoms with E-state index in [-0.39, 0.29) is 18.1 Å². The van der Waals surface area contributed by atoms with Gasteiger partial charge in [-0.25, -0.2) is 13.5 Å². The summed E-state index contributed by atoms with van der Waals surface area (Å²) in [6, 6.07) is 13.5. The lowest BCUT2D eigenvalue weighted by Gasteiger charge is -2.00. The molecular weight excluding hydrogens is 339 g/mol. The zero-order chi connectivity index (χ0) is 17.4. The second-order valence-electron chi connectivity index (χ2n) is 6.25. The molecule has 1 aliphatic heterocycles. The number of Topliss-reactive ketones (excluding diaryl/α,β-unsaturated/α-hetero) is 1. The molecule has 0 amide bonds. The predicted molar refractivity (Wildman–Crippen MR) is 94.1 cm³/mol. The lowest BCUT2D eigenvalue weighted by molar-refractivity contribution is -0.689. The number of imidazole rings is 1. The fourth-order valence-electron chi connectivity index (χ4n) is 3.38. The minimum atomic E-state index is -0.334. The molecule has 5 heteroatoms. The standard InChI is InChI=1S/C20H17ClFN2O/c21-16-7-3-14(4-8-16)18-12-23(20-2-1-11-24(18)20)13-19(25)15-5-9-17(22)10-6-15/h3-10,12H,1-2,11,13H2/q+1. The Labute approximate surface area is 150 Å². The van der Waals surface area contributed by atoms with Crippen molar-refractivity contribution in [1.82, 2.24) is 4.57 Å². The lowest BCUT2D eigenvalue weighted by Crippen LogP contribution is -2.40. The Balaban J connectivity index is 1.66. The third-order valence-corrected chi connectivity index (χ3v) is 4.87. The SMILES string of the molecule is O=C(C[n+]1cc(-c2ccc(Cl)cc2)n2c1CCC2)c1ccc(F)cc1. The second-order valence-corrected chi connectivity index (χ2v) is 6.69. The normalized spacial score (nSPS) is 13.0. The van der Waals surface area contributed by atoms with Crippen molar-refractivity contribution in [1.29, 1.82) is 0 Å². The lowest BCUT2D eigenvalue weighted by atomic mass is 10.1. The summed E-state index contributed by atoms with van der Waals surface area (Å²) < 4.78 is 17.3. The first-order valence-electron chi connectivity index (χ1n) is 8.28. The largest absolute Gasteiger partial charge is 0.290 e. The van der Waals surface area contributed by atoms with Gasteiger partial charge in [0.1, 0.15) is 12.0 Å². The average Bonchev–Trinajstić information content (AvgIpc) is 3.20. The molecule has 3 nitrogen and oxygen atoms in total. The number of fused-ring (bicyclic) bond motifs is 1. The highest BCUT2D eigenvalue weighted by molar-refractivity contribution is 6.30. The van der Waals surface area contributed by atoms with Crippen molar-refractivity contribution < 1.29 is 13.8 Å². The number of carbonyl (C=O) groups excluding carboxylic acids is 1. The zero-order valence-corrected chi connectivity index (χ0v) is 14.3. The molecule has 0 atom stereocenters. The predicted octanol–water partition coefficient (Wildman–Crippen LogP) is 4.06. The molecule has 0 aliphatic carbocycles. The number of nitrogens with zero attached hydrogens (tertiary/aromatic N) is 2. The second kappa shape index (κ2) is 6.45. The van der Waals surface area contributed by atoms with E-state index < -0.39 is 0 Å². The maximum atomic E-state index is 13.0. The van der Waals surface area contributed by atoms with Gasteiger partial charge in [-0.05, 0) is 55.0 Å². The number of rotatable bonds is 4. The van der Waals surface area contributed by atoms with Gasteiger partial charge in [0.25, 0.3) is 5.82 Å². The van der Waals surface area contributed by atoms with Crippen LogP contribution < -0.4 is 4.57 Å². The third-order valence-electron chi connectivity index (χ3n) is 4.61. The molecular formula is C20H17ClFN2O+. The smallest absolute Gasteiger partial charge is 0.257 e. The summed E-state index contributed by atoms with van der Waals surface area (Å²) in [6.45, 7) is 1.21. The van der Waals surface area contributed by atoms with Gasteiger partial charge in [-0.2, -0.15) is 0 Å². The number of carbonyl (C=O) groups is 1. The summed E-state index contributed by atoms with van der Waals surface area (Å²) in [5, 5.41) is 0.705. The van der Waals surface area contributed by atoms with Crippen molar-refractivity contribution in [2.75, 3.05) is 0 Å². The van der Waals surface area contributed by atoms with Crippen molar-refractivity contribution in [3.63, 3.8) is 0 Å². The Morgan fingerprint density at radius 2 is 1.84 bits per heavy atom. The number of benzene rings is 2. The van der Waals surface area contributed by atoms with E-state index in [9.17, 15) is 9.18 Å². The Bertz CT molecular complexity index is 930. The van der Waals surface area contributed by atoms with Crippen LogP contribution in [0.4, 0.5) is 4.39 Å². The molecule has 1 aromatic heterocycles. The van der Waals surface area contributed by atoms with E-state index in [1.54, 1.807) is 0 Å². The topological polar surface area (TPSA) is 25.9 Å². The molecule has 0 spiro atoms. The van der Waals surface area contributed by atoms with Gasteiger partial charge in [-0.1, -0.05) is 11.6 Å². The summed E-state index contributed by atoms with van der Waals surface area (Å²) in [7, 11) is 0. The number of hydrogen-bond acceptors (Lipinski definition) is 1. The van der Waals surface area contributed by atoms with Crippen LogP contribution in [0.1, 0.15) is 22.6 Å². The molecule has 1 aliphatic rings. The Kier molecular flexibility index (Phi) is 4.14. The molecule has 2 heterocycles. The van der Waals surface area contributed by atoms with Crippen molar-refractivity contribution >= 4 is 17.4 Å². The molecule has 0 saturated heterocycles. The molecule has 0 N–H and O–H groups in total. The summed E-state index contributed by atoms with van der Waals surface area (Å²) in [5.41, 5.74) is 2.71. The van der Waals surface area contributed by atoms with Gasteiger partial charge in [0.2, 0.25) is 5.78 Å². The van der Waals surface area contributed by atoms with Crippen LogP contribution in [0.2, 0.25) is 5.02 Å². The molecule has 126 valence electrons. The highest BCUT2D eigenvalue weighted by Crippen LogP contribution is 2.26. The minimum absolute atomic E-state index is 0.0204. The van der Waals surface area contributed by atoms with Crippen LogP contribution in [0.3, 0.4) is 0 Å². The number of aromatic nitrogens is 2. The first-order chi connectivity index (χ1) is 12.1. The summed E-state index contributed by atoms with van der Waals surface area (Å²) in [4.78, 5) is 12.5. The number of halogens is 2. The van der Waals surface area contributed by atoms with E-state index >= 15 is 0 Å². The van der Waals surface area contributed by atoms with Gasteiger partial charge >= 0.3 is 0 Å². The molecule has 0 unspecified atom stereocenters. The third kappa shape index (κ3) is 3.10. The zero-order valence-electron chi connectivity index (χ0n) is 13.6. The molecule has 0 fully saturated rings. The molecule has 0 radical (unpaired) electrons. The van der Waals surface area contributed by atoms with Crippen molar-refractivity contribution in [2.45, 2.75) is 25.9 Å². The summed E-state index contributed by atoms with van der Waals surface area (Å²) in [6.07, 6.45) is 4.05. The van der Waals surface area contributed by atoms with E-state index in [2.05, 4.69) is 4.57 Å². The first kappa shape index (κ1) is 16.0. The highest BCUT2D eigenvalue weighted by atomic mass is 35.5. The summed E-state index contributed by atoms with van der Waals surface area (Å²) in [5.74, 6) is 0.798. The number of hydrogen-bond donors (Lipinski definition) is 0.